The summed E-state index contributed by atoms with van der Waals surface area (Å²) in [5.74, 6) is -0.876. The van der Waals surface area contributed by atoms with Crippen molar-refractivity contribution >= 4 is 5.97 Å². The fourth-order valence-corrected chi connectivity index (χ4v) is 1.95. The number of benzene rings is 1. The van der Waals surface area contributed by atoms with Crippen LogP contribution in [0.25, 0.3) is 0 Å². The summed E-state index contributed by atoms with van der Waals surface area (Å²) in [6.07, 6.45) is 0.0757. The minimum atomic E-state index is -1.92. The van der Waals surface area contributed by atoms with E-state index in [0.29, 0.717) is 11.3 Å². The van der Waals surface area contributed by atoms with Crippen LogP contribution in [0.4, 0.5) is 0 Å². The summed E-state index contributed by atoms with van der Waals surface area (Å²) in [6, 6.07) is 5.32. The average molecular weight is 266 g/mol. The summed E-state index contributed by atoms with van der Waals surface area (Å²) in [5.41, 5.74) is -0.797. The summed E-state index contributed by atoms with van der Waals surface area (Å²) >= 11 is 0. The zero-order valence-electron chi connectivity index (χ0n) is 12.2. The number of carboxylic acid groups (broad SMARTS) is 1. The molecule has 0 saturated heterocycles. The SMILES string of the molecule is CCC(O)(C(=O)O)c1cc(C(C)(C)C)ccc1OC. The molecule has 0 saturated carbocycles. The lowest BCUT2D eigenvalue weighted by Gasteiger charge is -2.27. The predicted octanol–water partition coefficient (Wildman–Crippen LogP) is 2.67. The lowest BCUT2D eigenvalue weighted by molar-refractivity contribution is -0.160. The Morgan fingerprint density at radius 3 is 2.26 bits per heavy atom. The maximum absolute atomic E-state index is 11.4. The van der Waals surface area contributed by atoms with Gasteiger partial charge >= 0.3 is 5.97 Å². The highest BCUT2D eigenvalue weighted by Gasteiger charge is 2.39. The van der Waals surface area contributed by atoms with E-state index in [1.165, 1.54) is 7.11 Å². The topological polar surface area (TPSA) is 66.8 Å². The molecule has 0 bridgehead atoms. The fraction of sp³-hybridized carbons (Fsp3) is 0.533. The third kappa shape index (κ3) is 2.89. The zero-order valence-corrected chi connectivity index (χ0v) is 12.2. The summed E-state index contributed by atoms with van der Waals surface area (Å²) in [7, 11) is 1.47. The highest BCUT2D eigenvalue weighted by Crippen LogP contribution is 2.36. The van der Waals surface area contributed by atoms with Crippen LogP contribution in [-0.2, 0) is 15.8 Å². The van der Waals surface area contributed by atoms with Crippen molar-refractivity contribution in [3.8, 4) is 5.75 Å². The van der Waals surface area contributed by atoms with E-state index in [0.717, 1.165) is 5.56 Å². The van der Waals surface area contributed by atoms with Crippen LogP contribution in [0.2, 0.25) is 0 Å². The van der Waals surface area contributed by atoms with Gasteiger partial charge in [0.1, 0.15) is 5.75 Å². The number of rotatable bonds is 4. The van der Waals surface area contributed by atoms with Gasteiger partial charge in [0.2, 0.25) is 0 Å². The number of ether oxygens (including phenoxy) is 1. The van der Waals surface area contributed by atoms with E-state index in [2.05, 4.69) is 0 Å². The third-order valence-corrected chi connectivity index (χ3v) is 3.38. The molecule has 1 rings (SSSR count). The molecular formula is C15H22O4. The molecule has 0 spiro atoms. The van der Waals surface area contributed by atoms with E-state index in [1.807, 2.05) is 26.8 Å². The van der Waals surface area contributed by atoms with E-state index in [-0.39, 0.29) is 11.8 Å². The van der Waals surface area contributed by atoms with Crippen LogP contribution >= 0.6 is 0 Å². The Kier molecular flexibility index (Phi) is 4.25. The monoisotopic (exact) mass is 266 g/mol. The second-order valence-corrected chi connectivity index (χ2v) is 5.68. The third-order valence-electron chi connectivity index (χ3n) is 3.38. The summed E-state index contributed by atoms with van der Waals surface area (Å²) < 4.78 is 5.19. The molecule has 0 radical (unpaired) electrons. The number of aliphatic carboxylic acids is 1. The Morgan fingerprint density at radius 1 is 1.32 bits per heavy atom. The van der Waals surface area contributed by atoms with Crippen molar-refractivity contribution in [2.75, 3.05) is 7.11 Å². The van der Waals surface area contributed by atoms with E-state index < -0.39 is 11.6 Å². The molecule has 106 valence electrons. The van der Waals surface area contributed by atoms with Gasteiger partial charge in [0.15, 0.2) is 5.60 Å². The Balaban J connectivity index is 3.51. The number of hydrogen-bond acceptors (Lipinski definition) is 3. The minimum absolute atomic E-state index is 0.0757. The van der Waals surface area contributed by atoms with Gasteiger partial charge in [-0.15, -0.1) is 0 Å². The number of hydrogen-bond donors (Lipinski definition) is 2. The molecule has 4 nitrogen and oxygen atoms in total. The van der Waals surface area contributed by atoms with Crippen LogP contribution in [0.15, 0.2) is 18.2 Å². The molecule has 19 heavy (non-hydrogen) atoms. The molecule has 1 aromatic carbocycles. The van der Waals surface area contributed by atoms with Gasteiger partial charge in [-0.3, -0.25) is 0 Å². The van der Waals surface area contributed by atoms with Gasteiger partial charge in [0, 0.05) is 5.56 Å². The van der Waals surface area contributed by atoms with Crippen molar-refractivity contribution in [1.82, 2.24) is 0 Å². The second kappa shape index (κ2) is 5.21. The van der Waals surface area contributed by atoms with Crippen molar-refractivity contribution in [3.63, 3.8) is 0 Å². The molecule has 1 aromatic rings. The van der Waals surface area contributed by atoms with E-state index in [9.17, 15) is 15.0 Å². The normalized spacial score (nSPS) is 14.8. The summed E-state index contributed by atoms with van der Waals surface area (Å²) in [4.78, 5) is 11.4. The van der Waals surface area contributed by atoms with E-state index >= 15 is 0 Å². The standard InChI is InChI=1S/C15H22O4/c1-6-15(18,13(16)17)11-9-10(14(2,3)4)7-8-12(11)19-5/h7-9,18H,6H2,1-5H3,(H,16,17). The second-order valence-electron chi connectivity index (χ2n) is 5.68. The summed E-state index contributed by atoms with van der Waals surface area (Å²) in [5, 5.41) is 19.7. The van der Waals surface area contributed by atoms with Gasteiger partial charge in [-0.2, -0.15) is 0 Å². The molecule has 0 amide bonds. The predicted molar refractivity (Wildman–Crippen MR) is 73.5 cm³/mol. The first-order chi connectivity index (χ1) is 8.66. The smallest absolute Gasteiger partial charge is 0.340 e. The van der Waals surface area contributed by atoms with Gasteiger partial charge in [-0.05, 0) is 29.5 Å². The van der Waals surface area contributed by atoms with E-state index in [4.69, 9.17) is 4.74 Å². The molecule has 4 heteroatoms. The lowest BCUT2D eigenvalue weighted by Crippen LogP contribution is -2.35. The van der Waals surface area contributed by atoms with Crippen molar-refractivity contribution in [1.29, 1.82) is 0 Å². The van der Waals surface area contributed by atoms with Gasteiger partial charge in [-0.25, -0.2) is 4.79 Å². The van der Waals surface area contributed by atoms with Crippen LogP contribution < -0.4 is 4.74 Å². The largest absolute Gasteiger partial charge is 0.496 e. The highest BCUT2D eigenvalue weighted by atomic mass is 16.5. The first kappa shape index (κ1) is 15.5. The minimum Gasteiger partial charge on any atom is -0.496 e. The highest BCUT2D eigenvalue weighted by molar-refractivity contribution is 5.80. The van der Waals surface area contributed by atoms with Crippen molar-refractivity contribution in [3.05, 3.63) is 29.3 Å². The molecule has 0 heterocycles. The lowest BCUT2D eigenvalue weighted by atomic mass is 9.82. The molecule has 0 aliphatic heterocycles. The van der Waals surface area contributed by atoms with Crippen LogP contribution in [0.5, 0.6) is 5.75 Å². The van der Waals surface area contributed by atoms with Crippen molar-refractivity contribution in [2.24, 2.45) is 0 Å². The molecule has 1 unspecified atom stereocenters. The number of methoxy groups -OCH3 is 1. The van der Waals surface area contributed by atoms with Gasteiger partial charge in [0.05, 0.1) is 7.11 Å². The Morgan fingerprint density at radius 2 is 1.89 bits per heavy atom. The molecule has 0 aliphatic rings. The number of aliphatic hydroxyl groups is 1. The first-order valence-corrected chi connectivity index (χ1v) is 6.31. The Labute approximate surface area is 114 Å². The van der Waals surface area contributed by atoms with Crippen molar-refractivity contribution < 1.29 is 19.7 Å². The van der Waals surface area contributed by atoms with Crippen LogP contribution in [-0.4, -0.2) is 23.3 Å². The Bertz CT molecular complexity index is 474. The van der Waals surface area contributed by atoms with Gasteiger partial charge in [-0.1, -0.05) is 33.8 Å². The fourth-order valence-electron chi connectivity index (χ4n) is 1.95. The first-order valence-electron chi connectivity index (χ1n) is 6.31. The maximum atomic E-state index is 11.4. The molecular weight excluding hydrogens is 244 g/mol. The van der Waals surface area contributed by atoms with Crippen LogP contribution in [0, 0.1) is 0 Å². The molecule has 2 N–H and O–H groups in total. The Hall–Kier alpha value is -1.55. The number of carboxylic acids is 1. The van der Waals surface area contributed by atoms with Crippen LogP contribution in [0.1, 0.15) is 45.2 Å². The van der Waals surface area contributed by atoms with Gasteiger partial charge < -0.3 is 14.9 Å². The quantitative estimate of drug-likeness (QED) is 0.879. The van der Waals surface area contributed by atoms with E-state index in [1.54, 1.807) is 19.1 Å². The average Bonchev–Trinajstić information content (AvgIpc) is 2.35. The van der Waals surface area contributed by atoms with Crippen molar-refractivity contribution in [2.45, 2.75) is 45.1 Å². The maximum Gasteiger partial charge on any atom is 0.340 e. The molecule has 1 atom stereocenters. The zero-order chi connectivity index (χ0) is 14.8. The van der Waals surface area contributed by atoms with Gasteiger partial charge in [0.25, 0.3) is 0 Å². The number of carbonyl (C=O) groups is 1. The summed E-state index contributed by atoms with van der Waals surface area (Å²) in [6.45, 7) is 7.73. The molecule has 0 fully saturated rings. The molecule has 0 aliphatic carbocycles. The van der Waals surface area contributed by atoms with Crippen LogP contribution in [0.3, 0.4) is 0 Å². The molecule has 0 aromatic heterocycles.